The van der Waals surface area contributed by atoms with Crippen molar-refractivity contribution in [3.8, 4) is 5.75 Å². The number of carbonyl (C=O) groups is 1. The average Bonchev–Trinajstić information content (AvgIpc) is 2.78. The first-order valence-corrected chi connectivity index (χ1v) is 11.2. The van der Waals surface area contributed by atoms with Crippen LogP contribution in [0.15, 0.2) is 93.0 Å². The zero-order valence-corrected chi connectivity index (χ0v) is 17.9. The predicted molar refractivity (Wildman–Crippen MR) is 119 cm³/mol. The largest absolute Gasteiger partial charge is 0.489 e. The average molecular weight is 449 g/mol. The van der Waals surface area contributed by atoms with Crippen molar-refractivity contribution in [3.63, 3.8) is 0 Å². The highest BCUT2D eigenvalue weighted by atomic mass is 32.2. The molecule has 4 aromatic rings. The molecule has 0 saturated carbocycles. The highest BCUT2D eigenvalue weighted by Crippen LogP contribution is 2.21. The molecule has 0 aliphatic carbocycles. The molecule has 1 aromatic heterocycles. The Morgan fingerprint density at radius 1 is 0.969 bits per heavy atom. The Morgan fingerprint density at radius 2 is 1.69 bits per heavy atom. The van der Waals surface area contributed by atoms with Gasteiger partial charge in [0.2, 0.25) is 0 Å². The molecule has 0 aliphatic heterocycles. The van der Waals surface area contributed by atoms with Gasteiger partial charge in [0, 0.05) is 6.07 Å². The Hall–Kier alpha value is -3.91. The minimum atomic E-state index is -4.11. The fourth-order valence-electron chi connectivity index (χ4n) is 3.03. The molecule has 0 radical (unpaired) electrons. The van der Waals surface area contributed by atoms with Crippen LogP contribution in [0.2, 0.25) is 0 Å². The molecule has 0 atom stereocenters. The van der Waals surface area contributed by atoms with Crippen molar-refractivity contribution in [2.75, 3.05) is 0 Å². The number of benzene rings is 3. The summed E-state index contributed by atoms with van der Waals surface area (Å²) in [6.45, 7) is 2.14. The number of sulfonamides is 1. The monoisotopic (exact) mass is 449 g/mol. The number of nitrogens with one attached hydrogen (secondary N) is 1. The Morgan fingerprint density at radius 3 is 2.41 bits per heavy atom. The van der Waals surface area contributed by atoms with Gasteiger partial charge in [0.25, 0.3) is 10.0 Å². The second-order valence-electron chi connectivity index (χ2n) is 7.15. The number of ether oxygens (including phenoxy) is 1. The number of hydrogen-bond donors (Lipinski definition) is 1. The lowest BCUT2D eigenvalue weighted by atomic mass is 10.2. The van der Waals surface area contributed by atoms with Gasteiger partial charge < -0.3 is 9.15 Å². The molecule has 8 heteroatoms. The third-order valence-corrected chi connectivity index (χ3v) is 6.08. The van der Waals surface area contributed by atoms with Gasteiger partial charge in [0.05, 0.1) is 10.3 Å². The summed E-state index contributed by atoms with van der Waals surface area (Å²) < 4.78 is 38.0. The molecular formula is C24H19NO6S. The summed E-state index contributed by atoms with van der Waals surface area (Å²) in [5, 5.41) is 0.216. The van der Waals surface area contributed by atoms with E-state index < -0.39 is 27.1 Å². The molecule has 0 fully saturated rings. The van der Waals surface area contributed by atoms with Crippen molar-refractivity contribution in [2.45, 2.75) is 18.4 Å². The topological polar surface area (TPSA) is 103 Å². The first kappa shape index (κ1) is 21.3. The standard InChI is InChI=1S/C24H19NO6S/c1-16-7-10-19(11-8-16)32(28,29)25-24(27)23-14-21(26)20-13-18(9-12-22(20)31-23)30-15-17-5-3-2-4-6-17/h2-14H,15H2,1H3,(H,25,27). The van der Waals surface area contributed by atoms with Gasteiger partial charge in [-0.05, 0) is 42.8 Å². The number of aryl methyl sites for hydroxylation is 1. The highest BCUT2D eigenvalue weighted by molar-refractivity contribution is 7.90. The van der Waals surface area contributed by atoms with E-state index in [1.807, 2.05) is 42.0 Å². The van der Waals surface area contributed by atoms with Gasteiger partial charge in [-0.3, -0.25) is 9.59 Å². The van der Waals surface area contributed by atoms with E-state index in [0.717, 1.165) is 17.2 Å². The van der Waals surface area contributed by atoms with Gasteiger partial charge in [0.1, 0.15) is 17.9 Å². The van der Waals surface area contributed by atoms with Crippen molar-refractivity contribution in [2.24, 2.45) is 0 Å². The van der Waals surface area contributed by atoms with Crippen LogP contribution in [0.25, 0.3) is 11.0 Å². The lowest BCUT2D eigenvalue weighted by Gasteiger charge is -2.09. The summed E-state index contributed by atoms with van der Waals surface area (Å²) in [6, 6.07) is 21.2. The second-order valence-corrected chi connectivity index (χ2v) is 8.84. The van der Waals surface area contributed by atoms with Crippen LogP contribution in [0.4, 0.5) is 0 Å². The first-order valence-electron chi connectivity index (χ1n) is 9.70. The van der Waals surface area contributed by atoms with Crippen molar-refractivity contribution in [1.82, 2.24) is 4.72 Å². The summed E-state index contributed by atoms with van der Waals surface area (Å²) in [7, 11) is -4.11. The summed E-state index contributed by atoms with van der Waals surface area (Å²) in [5.41, 5.74) is 1.50. The number of hydrogen-bond acceptors (Lipinski definition) is 6. The maximum absolute atomic E-state index is 12.6. The fraction of sp³-hybridized carbons (Fsp3) is 0.0833. The maximum Gasteiger partial charge on any atom is 0.300 e. The molecule has 0 spiro atoms. The smallest absolute Gasteiger partial charge is 0.300 e. The van der Waals surface area contributed by atoms with E-state index in [4.69, 9.17) is 9.15 Å². The van der Waals surface area contributed by atoms with Crippen LogP contribution in [0.1, 0.15) is 21.7 Å². The quantitative estimate of drug-likeness (QED) is 0.480. The number of rotatable bonds is 6. The molecular weight excluding hydrogens is 430 g/mol. The third-order valence-electron chi connectivity index (χ3n) is 4.73. The Kier molecular flexibility index (Phi) is 5.79. The van der Waals surface area contributed by atoms with Crippen molar-refractivity contribution < 1.29 is 22.4 Å². The lowest BCUT2D eigenvalue weighted by molar-refractivity contribution is 0.0955. The summed E-state index contributed by atoms with van der Waals surface area (Å²) in [5.74, 6) is -0.974. The normalized spacial score (nSPS) is 11.3. The molecule has 0 aliphatic rings. The van der Waals surface area contributed by atoms with Crippen LogP contribution in [0.3, 0.4) is 0 Å². The molecule has 162 valence electrons. The van der Waals surface area contributed by atoms with Gasteiger partial charge in [0.15, 0.2) is 11.2 Å². The molecule has 32 heavy (non-hydrogen) atoms. The van der Waals surface area contributed by atoms with E-state index >= 15 is 0 Å². The number of fused-ring (bicyclic) bond motifs is 1. The van der Waals surface area contributed by atoms with Gasteiger partial charge in [-0.1, -0.05) is 48.0 Å². The molecule has 0 saturated heterocycles. The van der Waals surface area contributed by atoms with Gasteiger partial charge in [-0.25, -0.2) is 13.1 Å². The zero-order chi connectivity index (χ0) is 22.7. The minimum Gasteiger partial charge on any atom is -0.489 e. The fourth-order valence-corrected chi connectivity index (χ4v) is 3.98. The lowest BCUT2D eigenvalue weighted by Crippen LogP contribution is -2.31. The van der Waals surface area contributed by atoms with Gasteiger partial charge in [-0.2, -0.15) is 0 Å². The molecule has 4 rings (SSSR count). The Bertz CT molecular complexity index is 1440. The van der Waals surface area contributed by atoms with E-state index in [1.54, 1.807) is 18.2 Å². The molecule has 3 aromatic carbocycles. The molecule has 0 unspecified atom stereocenters. The van der Waals surface area contributed by atoms with Crippen LogP contribution in [-0.2, 0) is 16.6 Å². The van der Waals surface area contributed by atoms with E-state index in [2.05, 4.69) is 0 Å². The van der Waals surface area contributed by atoms with E-state index in [-0.39, 0.29) is 15.9 Å². The second kappa shape index (κ2) is 8.68. The number of carbonyl (C=O) groups excluding carboxylic acids is 1. The molecule has 1 heterocycles. The van der Waals surface area contributed by atoms with Gasteiger partial charge in [-0.15, -0.1) is 0 Å². The highest BCUT2D eigenvalue weighted by Gasteiger charge is 2.21. The summed E-state index contributed by atoms with van der Waals surface area (Å²) in [4.78, 5) is 25.0. The Labute approximate surface area is 184 Å². The third kappa shape index (κ3) is 4.70. The molecule has 1 amide bonds. The SMILES string of the molecule is Cc1ccc(S(=O)(=O)NC(=O)c2cc(=O)c3cc(OCc4ccccc4)ccc3o2)cc1. The van der Waals surface area contributed by atoms with Crippen LogP contribution < -0.4 is 14.9 Å². The van der Waals surface area contributed by atoms with Crippen LogP contribution >= 0.6 is 0 Å². The molecule has 7 nitrogen and oxygen atoms in total. The summed E-state index contributed by atoms with van der Waals surface area (Å²) >= 11 is 0. The molecule has 1 N–H and O–H groups in total. The zero-order valence-electron chi connectivity index (χ0n) is 17.1. The first-order chi connectivity index (χ1) is 15.3. The van der Waals surface area contributed by atoms with Crippen LogP contribution in [-0.4, -0.2) is 14.3 Å². The van der Waals surface area contributed by atoms with E-state index in [1.165, 1.54) is 24.3 Å². The van der Waals surface area contributed by atoms with E-state index in [0.29, 0.717) is 12.4 Å². The molecule has 0 bridgehead atoms. The van der Waals surface area contributed by atoms with Crippen molar-refractivity contribution in [1.29, 1.82) is 0 Å². The van der Waals surface area contributed by atoms with Crippen molar-refractivity contribution in [3.05, 3.63) is 106 Å². The van der Waals surface area contributed by atoms with E-state index in [9.17, 15) is 18.0 Å². The van der Waals surface area contributed by atoms with Crippen molar-refractivity contribution >= 4 is 26.9 Å². The summed E-state index contributed by atoms with van der Waals surface area (Å²) in [6.07, 6.45) is 0. The van der Waals surface area contributed by atoms with Crippen LogP contribution in [0.5, 0.6) is 5.75 Å². The van der Waals surface area contributed by atoms with Gasteiger partial charge >= 0.3 is 5.91 Å². The predicted octanol–water partition coefficient (Wildman–Crippen LogP) is 3.80. The minimum absolute atomic E-state index is 0.0696. The Balaban J connectivity index is 1.55. The maximum atomic E-state index is 12.6. The van der Waals surface area contributed by atoms with Crippen LogP contribution in [0, 0.1) is 6.92 Å². The number of amides is 1.